The summed E-state index contributed by atoms with van der Waals surface area (Å²) in [5.74, 6) is -1.45. The van der Waals surface area contributed by atoms with Gasteiger partial charge in [-0.25, -0.2) is 4.39 Å². The lowest BCUT2D eigenvalue weighted by Crippen LogP contribution is -2.30. The van der Waals surface area contributed by atoms with Crippen LogP contribution in [0.5, 0.6) is 5.88 Å². The standard InChI is InChI=1S/C26H24FN3O4S2/c1-15-19(14-28)23(32)30(18-5-2-3-6-18)25(34)22(15)20(31)7-4-12-29-24(33)21(36-26(29)35)13-16-8-10-17(27)11-9-16/h8-11,13,18,34H,2-7,12H2,1H3/b21-13-. The molecule has 1 saturated carbocycles. The van der Waals surface area contributed by atoms with Crippen LogP contribution < -0.4 is 5.56 Å². The van der Waals surface area contributed by atoms with E-state index >= 15 is 0 Å². The van der Waals surface area contributed by atoms with Crippen LogP contribution >= 0.6 is 24.0 Å². The number of hydrogen-bond donors (Lipinski definition) is 1. The van der Waals surface area contributed by atoms with Gasteiger partial charge in [0.15, 0.2) is 5.78 Å². The number of rotatable bonds is 7. The van der Waals surface area contributed by atoms with Gasteiger partial charge in [0.1, 0.15) is 21.8 Å². The number of benzene rings is 1. The molecule has 36 heavy (non-hydrogen) atoms. The molecule has 0 radical (unpaired) electrons. The predicted octanol–water partition coefficient (Wildman–Crippen LogP) is 4.85. The first-order chi connectivity index (χ1) is 17.2. The largest absolute Gasteiger partial charge is 0.494 e. The number of aromatic nitrogens is 1. The van der Waals surface area contributed by atoms with Gasteiger partial charge < -0.3 is 5.11 Å². The van der Waals surface area contributed by atoms with E-state index in [1.807, 2.05) is 6.07 Å². The van der Waals surface area contributed by atoms with Crippen molar-refractivity contribution in [2.75, 3.05) is 6.54 Å². The fourth-order valence-corrected chi connectivity index (χ4v) is 5.99. The fraction of sp³-hybridized carbons (Fsp3) is 0.346. The molecule has 1 amide bonds. The second-order valence-corrected chi connectivity index (χ2v) is 10.5. The summed E-state index contributed by atoms with van der Waals surface area (Å²) in [5, 5.41) is 20.4. The lowest BCUT2D eigenvalue weighted by Gasteiger charge is -2.20. The first kappa shape index (κ1) is 25.8. The molecular weight excluding hydrogens is 501 g/mol. The second-order valence-electron chi connectivity index (χ2n) is 8.84. The number of thioether (sulfide) groups is 1. The van der Waals surface area contributed by atoms with E-state index in [9.17, 15) is 29.1 Å². The molecule has 2 aromatic rings. The number of thiocarbonyl (C=S) groups is 1. The van der Waals surface area contributed by atoms with Crippen molar-refractivity contribution in [2.45, 2.75) is 51.5 Å². The maximum Gasteiger partial charge on any atom is 0.271 e. The molecule has 0 bridgehead atoms. The first-order valence-corrected chi connectivity index (χ1v) is 12.9. The third-order valence-electron chi connectivity index (χ3n) is 6.54. The quantitative estimate of drug-likeness (QED) is 0.313. The maximum absolute atomic E-state index is 13.1. The average Bonchev–Trinajstić information content (AvgIpc) is 3.45. The third-order valence-corrected chi connectivity index (χ3v) is 7.92. The lowest BCUT2D eigenvalue weighted by molar-refractivity contribution is -0.122. The lowest BCUT2D eigenvalue weighted by atomic mass is 9.98. The second kappa shape index (κ2) is 10.8. The van der Waals surface area contributed by atoms with Crippen molar-refractivity contribution in [3.05, 3.63) is 67.6 Å². The van der Waals surface area contributed by atoms with Crippen LogP contribution in [0, 0.1) is 24.1 Å². The van der Waals surface area contributed by atoms with E-state index in [0.29, 0.717) is 27.6 Å². The van der Waals surface area contributed by atoms with Crippen molar-refractivity contribution >= 4 is 46.1 Å². The zero-order valence-corrected chi connectivity index (χ0v) is 21.3. The summed E-state index contributed by atoms with van der Waals surface area (Å²) >= 11 is 6.48. The highest BCUT2D eigenvalue weighted by atomic mass is 32.2. The Hall–Kier alpha value is -3.29. The van der Waals surface area contributed by atoms with Crippen LogP contribution in [0.2, 0.25) is 0 Å². The molecule has 2 fully saturated rings. The van der Waals surface area contributed by atoms with Gasteiger partial charge >= 0.3 is 0 Å². The van der Waals surface area contributed by atoms with Gasteiger partial charge in [-0.05, 0) is 55.5 Å². The van der Waals surface area contributed by atoms with Gasteiger partial charge in [0.2, 0.25) is 5.88 Å². The van der Waals surface area contributed by atoms with E-state index in [1.165, 1.54) is 28.5 Å². The van der Waals surface area contributed by atoms with Crippen LogP contribution in [0.1, 0.15) is 71.6 Å². The highest BCUT2D eigenvalue weighted by Crippen LogP contribution is 2.35. The minimum absolute atomic E-state index is 0.00376. The molecule has 1 aromatic heterocycles. The van der Waals surface area contributed by atoms with Crippen molar-refractivity contribution in [1.29, 1.82) is 5.26 Å². The number of carbonyl (C=O) groups excluding carboxylic acids is 2. The first-order valence-electron chi connectivity index (χ1n) is 11.6. The number of carbonyl (C=O) groups is 2. The maximum atomic E-state index is 13.1. The smallest absolute Gasteiger partial charge is 0.271 e. The van der Waals surface area contributed by atoms with Gasteiger partial charge in [0.25, 0.3) is 11.5 Å². The molecule has 7 nitrogen and oxygen atoms in total. The minimum atomic E-state index is -0.568. The number of Topliss-reactive ketones (excluding diaryl/α,β-unsaturated/α-hetero) is 1. The average molecular weight is 526 g/mol. The van der Waals surface area contributed by atoms with Crippen molar-refractivity contribution in [3.63, 3.8) is 0 Å². The Morgan fingerprint density at radius 3 is 2.58 bits per heavy atom. The van der Waals surface area contributed by atoms with Gasteiger partial charge in [-0.15, -0.1) is 0 Å². The van der Waals surface area contributed by atoms with Crippen LogP contribution in [0.25, 0.3) is 6.08 Å². The molecular formula is C26H24FN3O4S2. The van der Waals surface area contributed by atoms with Crippen LogP contribution in [0.3, 0.4) is 0 Å². The summed E-state index contributed by atoms with van der Waals surface area (Å²) < 4.78 is 14.7. The van der Waals surface area contributed by atoms with Gasteiger partial charge in [-0.3, -0.25) is 23.9 Å². The van der Waals surface area contributed by atoms with Gasteiger partial charge in [-0.1, -0.05) is 49.0 Å². The third kappa shape index (κ3) is 4.99. The molecule has 0 spiro atoms. The highest BCUT2D eigenvalue weighted by Gasteiger charge is 2.32. The fourth-order valence-electron chi connectivity index (χ4n) is 4.68. The molecule has 186 valence electrons. The molecule has 1 aliphatic carbocycles. The Kier molecular flexibility index (Phi) is 7.71. The zero-order chi connectivity index (χ0) is 26.0. The van der Waals surface area contributed by atoms with E-state index in [1.54, 1.807) is 18.2 Å². The Balaban J connectivity index is 1.48. The van der Waals surface area contributed by atoms with Crippen LogP contribution in [0.4, 0.5) is 4.39 Å². The summed E-state index contributed by atoms with van der Waals surface area (Å²) in [5.41, 5.74) is 0.128. The number of pyridine rings is 1. The molecule has 0 atom stereocenters. The molecule has 1 aromatic carbocycles. The Labute approximate surface area is 217 Å². The van der Waals surface area contributed by atoms with E-state index in [2.05, 4.69) is 0 Å². The summed E-state index contributed by atoms with van der Waals surface area (Å²) in [6.45, 7) is 1.69. The number of nitriles is 1. The Morgan fingerprint density at radius 1 is 1.28 bits per heavy atom. The summed E-state index contributed by atoms with van der Waals surface area (Å²) in [6.07, 6.45) is 5.14. The summed E-state index contributed by atoms with van der Waals surface area (Å²) in [7, 11) is 0. The number of aromatic hydroxyl groups is 1. The topological polar surface area (TPSA) is 103 Å². The summed E-state index contributed by atoms with van der Waals surface area (Å²) in [4.78, 5) is 40.6. The van der Waals surface area contributed by atoms with Crippen LogP contribution in [-0.2, 0) is 4.79 Å². The van der Waals surface area contributed by atoms with E-state index in [-0.39, 0.29) is 59.7 Å². The molecule has 0 unspecified atom stereocenters. The predicted molar refractivity (Wildman–Crippen MR) is 139 cm³/mol. The minimum Gasteiger partial charge on any atom is -0.494 e. The SMILES string of the molecule is Cc1c(C(=O)CCCN2C(=O)/C(=C/c3ccc(F)cc3)SC2=S)c(O)n(C2CCCC2)c(=O)c1C#N. The van der Waals surface area contributed by atoms with Crippen LogP contribution in [-0.4, -0.2) is 37.1 Å². The van der Waals surface area contributed by atoms with Crippen LogP contribution in [0.15, 0.2) is 34.0 Å². The molecule has 2 aliphatic rings. The van der Waals surface area contributed by atoms with Gasteiger partial charge in [0.05, 0.1) is 10.5 Å². The number of ketones is 1. The van der Waals surface area contributed by atoms with Crippen molar-refractivity contribution in [2.24, 2.45) is 0 Å². The Morgan fingerprint density at radius 2 is 1.94 bits per heavy atom. The number of hydrogen-bond acceptors (Lipinski definition) is 7. The summed E-state index contributed by atoms with van der Waals surface area (Å²) in [6, 6.07) is 7.41. The molecule has 1 saturated heterocycles. The Bertz CT molecular complexity index is 1370. The highest BCUT2D eigenvalue weighted by molar-refractivity contribution is 8.26. The molecule has 1 aliphatic heterocycles. The van der Waals surface area contributed by atoms with Gasteiger partial charge in [0, 0.05) is 19.0 Å². The van der Waals surface area contributed by atoms with E-state index in [0.717, 1.165) is 24.6 Å². The van der Waals surface area contributed by atoms with E-state index in [4.69, 9.17) is 12.2 Å². The molecule has 4 rings (SSSR count). The van der Waals surface area contributed by atoms with Crippen molar-refractivity contribution in [1.82, 2.24) is 9.47 Å². The molecule has 1 N–H and O–H groups in total. The number of nitrogens with zero attached hydrogens (tertiary/aromatic N) is 3. The normalized spacial score (nSPS) is 17.2. The van der Waals surface area contributed by atoms with Crippen molar-refractivity contribution in [3.8, 4) is 11.9 Å². The monoisotopic (exact) mass is 525 g/mol. The van der Waals surface area contributed by atoms with E-state index < -0.39 is 11.3 Å². The molecule has 2 heterocycles. The molecule has 10 heteroatoms. The zero-order valence-electron chi connectivity index (χ0n) is 19.6. The van der Waals surface area contributed by atoms with Gasteiger partial charge in [-0.2, -0.15) is 5.26 Å². The van der Waals surface area contributed by atoms with Crippen molar-refractivity contribution < 1.29 is 19.1 Å². The number of halogens is 1. The number of amides is 1.